The standard InChI is InChI=1S/C17H19F3N4O2/c18-17(19,20)14-1-3-15(4-2-14)23-12-13(11-21)16(25)22-5-6-24-7-9-26-10-8-24/h1-4,12,23H,5-10H2,(H,22,25)/b13-12-. The van der Waals surface area contributed by atoms with E-state index in [9.17, 15) is 18.0 Å². The number of hydrogen-bond donors (Lipinski definition) is 2. The zero-order valence-corrected chi connectivity index (χ0v) is 14.0. The predicted molar refractivity (Wildman–Crippen MR) is 89.0 cm³/mol. The third-order valence-electron chi connectivity index (χ3n) is 3.78. The maximum absolute atomic E-state index is 12.5. The molecule has 0 radical (unpaired) electrons. The average molecular weight is 368 g/mol. The minimum absolute atomic E-state index is 0.160. The molecule has 140 valence electrons. The summed E-state index contributed by atoms with van der Waals surface area (Å²) in [5.74, 6) is -0.542. The van der Waals surface area contributed by atoms with Crippen LogP contribution in [0.4, 0.5) is 18.9 Å². The van der Waals surface area contributed by atoms with Gasteiger partial charge in [-0.25, -0.2) is 0 Å². The van der Waals surface area contributed by atoms with Gasteiger partial charge in [0.2, 0.25) is 0 Å². The fourth-order valence-corrected chi connectivity index (χ4v) is 2.31. The van der Waals surface area contributed by atoms with Crippen molar-refractivity contribution >= 4 is 11.6 Å². The Morgan fingerprint density at radius 3 is 2.50 bits per heavy atom. The molecule has 0 atom stereocenters. The molecule has 1 fully saturated rings. The van der Waals surface area contributed by atoms with Crippen LogP contribution in [0.25, 0.3) is 0 Å². The summed E-state index contributed by atoms with van der Waals surface area (Å²) in [6, 6.07) is 6.07. The van der Waals surface area contributed by atoms with E-state index in [1.807, 2.05) is 0 Å². The molecular formula is C17H19F3N4O2. The summed E-state index contributed by atoms with van der Waals surface area (Å²) in [6.07, 6.45) is -3.24. The SMILES string of the molecule is N#C/C(=C/Nc1ccc(C(F)(F)F)cc1)C(=O)NCCN1CCOCC1. The van der Waals surface area contributed by atoms with E-state index in [0.717, 1.165) is 25.2 Å². The van der Waals surface area contributed by atoms with Gasteiger partial charge in [0.1, 0.15) is 11.6 Å². The highest BCUT2D eigenvalue weighted by atomic mass is 19.4. The molecule has 0 unspecified atom stereocenters. The Kier molecular flexibility index (Phi) is 7.00. The third kappa shape index (κ3) is 6.06. The number of amides is 1. The zero-order valence-electron chi connectivity index (χ0n) is 14.0. The number of carbonyl (C=O) groups excluding carboxylic acids is 1. The van der Waals surface area contributed by atoms with Gasteiger partial charge in [0.15, 0.2) is 0 Å². The Morgan fingerprint density at radius 1 is 1.27 bits per heavy atom. The van der Waals surface area contributed by atoms with Gasteiger partial charge in [-0.3, -0.25) is 9.69 Å². The fourth-order valence-electron chi connectivity index (χ4n) is 2.31. The lowest BCUT2D eigenvalue weighted by molar-refractivity contribution is -0.137. The van der Waals surface area contributed by atoms with E-state index in [1.54, 1.807) is 6.07 Å². The van der Waals surface area contributed by atoms with Crippen LogP contribution in [0.15, 0.2) is 36.0 Å². The number of nitrogens with one attached hydrogen (secondary N) is 2. The molecule has 2 rings (SSSR count). The summed E-state index contributed by atoms with van der Waals surface area (Å²) in [4.78, 5) is 14.1. The molecular weight excluding hydrogens is 349 g/mol. The highest BCUT2D eigenvalue weighted by molar-refractivity contribution is 5.97. The highest BCUT2D eigenvalue weighted by Gasteiger charge is 2.29. The number of carbonyl (C=O) groups is 1. The van der Waals surface area contributed by atoms with Crippen LogP contribution < -0.4 is 10.6 Å². The summed E-state index contributed by atoms with van der Waals surface area (Å²) >= 11 is 0. The van der Waals surface area contributed by atoms with Crippen LogP contribution in [0.3, 0.4) is 0 Å². The van der Waals surface area contributed by atoms with Crippen molar-refractivity contribution in [2.24, 2.45) is 0 Å². The van der Waals surface area contributed by atoms with Crippen LogP contribution in [0.2, 0.25) is 0 Å². The lowest BCUT2D eigenvalue weighted by atomic mass is 10.2. The van der Waals surface area contributed by atoms with Crippen LogP contribution in [0, 0.1) is 11.3 Å². The van der Waals surface area contributed by atoms with Gasteiger partial charge in [0, 0.05) is 38.1 Å². The fraction of sp³-hybridized carbons (Fsp3) is 0.412. The van der Waals surface area contributed by atoms with E-state index in [4.69, 9.17) is 10.00 Å². The topological polar surface area (TPSA) is 77.4 Å². The molecule has 0 aromatic heterocycles. The molecule has 1 aromatic rings. The zero-order chi connectivity index (χ0) is 19.0. The monoisotopic (exact) mass is 368 g/mol. The van der Waals surface area contributed by atoms with Gasteiger partial charge >= 0.3 is 6.18 Å². The first-order valence-electron chi connectivity index (χ1n) is 8.02. The molecule has 1 aliphatic rings. The normalized spacial score (nSPS) is 16.0. The van der Waals surface area contributed by atoms with Crippen LogP contribution in [0.1, 0.15) is 5.56 Å². The largest absolute Gasteiger partial charge is 0.416 e. The number of anilines is 1. The van der Waals surface area contributed by atoms with E-state index in [1.165, 1.54) is 18.3 Å². The minimum Gasteiger partial charge on any atom is -0.379 e. The average Bonchev–Trinajstić information content (AvgIpc) is 2.63. The third-order valence-corrected chi connectivity index (χ3v) is 3.78. The molecule has 1 heterocycles. The number of rotatable bonds is 6. The molecule has 1 amide bonds. The first-order valence-corrected chi connectivity index (χ1v) is 8.02. The summed E-state index contributed by atoms with van der Waals surface area (Å²) in [6.45, 7) is 3.96. The van der Waals surface area contributed by atoms with Gasteiger partial charge in [-0.2, -0.15) is 18.4 Å². The van der Waals surface area contributed by atoms with Crippen molar-refractivity contribution in [2.75, 3.05) is 44.7 Å². The Hall–Kier alpha value is -2.57. The second kappa shape index (κ2) is 9.22. The number of benzene rings is 1. The van der Waals surface area contributed by atoms with E-state index < -0.39 is 17.6 Å². The Bertz CT molecular complexity index is 675. The van der Waals surface area contributed by atoms with Gasteiger partial charge < -0.3 is 15.4 Å². The molecule has 26 heavy (non-hydrogen) atoms. The number of morpholine rings is 1. The highest BCUT2D eigenvalue weighted by Crippen LogP contribution is 2.29. The van der Waals surface area contributed by atoms with E-state index in [-0.39, 0.29) is 5.57 Å². The van der Waals surface area contributed by atoms with E-state index in [0.29, 0.717) is 32.0 Å². The van der Waals surface area contributed by atoms with Gasteiger partial charge in [-0.05, 0) is 24.3 Å². The predicted octanol–water partition coefficient (Wildman–Crippen LogP) is 1.97. The van der Waals surface area contributed by atoms with Crippen LogP contribution >= 0.6 is 0 Å². The molecule has 6 nitrogen and oxygen atoms in total. The van der Waals surface area contributed by atoms with Gasteiger partial charge in [0.05, 0.1) is 18.8 Å². The summed E-state index contributed by atoms with van der Waals surface area (Å²) in [5, 5.41) is 14.4. The van der Waals surface area contributed by atoms with Gasteiger partial charge in [-0.15, -0.1) is 0 Å². The molecule has 1 aliphatic heterocycles. The lowest BCUT2D eigenvalue weighted by Crippen LogP contribution is -2.41. The van der Waals surface area contributed by atoms with Crippen molar-refractivity contribution in [3.63, 3.8) is 0 Å². The molecule has 9 heteroatoms. The van der Waals surface area contributed by atoms with E-state index >= 15 is 0 Å². The first kappa shape index (κ1) is 19.8. The molecule has 0 spiro atoms. The number of nitriles is 1. The molecule has 0 bridgehead atoms. The second-order valence-corrected chi connectivity index (χ2v) is 5.60. The van der Waals surface area contributed by atoms with Crippen LogP contribution in [0.5, 0.6) is 0 Å². The van der Waals surface area contributed by atoms with Gasteiger partial charge in [0.25, 0.3) is 5.91 Å². The van der Waals surface area contributed by atoms with Crippen molar-refractivity contribution < 1.29 is 22.7 Å². The Labute approximate surface area is 149 Å². The molecule has 0 aliphatic carbocycles. The molecule has 0 saturated carbocycles. The van der Waals surface area contributed by atoms with Crippen molar-refractivity contribution in [1.82, 2.24) is 10.2 Å². The maximum Gasteiger partial charge on any atom is 0.416 e. The number of alkyl halides is 3. The van der Waals surface area contributed by atoms with Gasteiger partial charge in [-0.1, -0.05) is 0 Å². The van der Waals surface area contributed by atoms with Crippen LogP contribution in [-0.2, 0) is 15.7 Å². The quantitative estimate of drug-likeness (QED) is 0.593. The smallest absolute Gasteiger partial charge is 0.379 e. The van der Waals surface area contributed by atoms with E-state index in [2.05, 4.69) is 15.5 Å². The number of halogens is 3. The summed E-state index contributed by atoms with van der Waals surface area (Å²) in [7, 11) is 0. The van der Waals surface area contributed by atoms with Crippen molar-refractivity contribution in [3.05, 3.63) is 41.6 Å². The van der Waals surface area contributed by atoms with Crippen LogP contribution in [-0.4, -0.2) is 50.2 Å². The van der Waals surface area contributed by atoms with Crippen molar-refractivity contribution in [1.29, 1.82) is 5.26 Å². The maximum atomic E-state index is 12.5. The number of ether oxygens (including phenoxy) is 1. The number of hydrogen-bond acceptors (Lipinski definition) is 5. The summed E-state index contributed by atoms with van der Waals surface area (Å²) < 4.78 is 42.8. The second-order valence-electron chi connectivity index (χ2n) is 5.60. The molecule has 1 aromatic carbocycles. The minimum atomic E-state index is -4.41. The Morgan fingerprint density at radius 2 is 1.92 bits per heavy atom. The Balaban J connectivity index is 1.84. The number of nitrogens with zero attached hydrogens (tertiary/aromatic N) is 2. The molecule has 2 N–H and O–H groups in total. The summed E-state index contributed by atoms with van der Waals surface area (Å²) in [5.41, 5.74) is -0.591. The lowest BCUT2D eigenvalue weighted by Gasteiger charge is -2.26. The van der Waals surface area contributed by atoms with Crippen molar-refractivity contribution in [2.45, 2.75) is 6.18 Å². The van der Waals surface area contributed by atoms with Crippen molar-refractivity contribution in [3.8, 4) is 6.07 Å². The first-order chi connectivity index (χ1) is 12.4. The molecule has 1 saturated heterocycles.